The molecule has 156 valence electrons. The van der Waals surface area contributed by atoms with Crippen LogP contribution in [0.2, 0.25) is 0 Å². The van der Waals surface area contributed by atoms with Gasteiger partial charge in [-0.3, -0.25) is 9.69 Å². The Morgan fingerprint density at radius 3 is 2.50 bits per heavy atom. The van der Waals surface area contributed by atoms with Gasteiger partial charge in [-0.2, -0.15) is 0 Å². The van der Waals surface area contributed by atoms with Crippen molar-refractivity contribution in [1.29, 1.82) is 0 Å². The molecule has 0 saturated carbocycles. The Labute approximate surface area is 167 Å². The average molecular weight is 392 g/mol. The van der Waals surface area contributed by atoms with Crippen molar-refractivity contribution >= 4 is 11.9 Å². The van der Waals surface area contributed by atoms with Crippen LogP contribution in [0.1, 0.15) is 46.1 Å². The van der Waals surface area contributed by atoms with Crippen LogP contribution in [0.4, 0.5) is 4.79 Å². The minimum Gasteiger partial charge on any atom is -0.508 e. The molecule has 0 radical (unpaired) electrons. The van der Waals surface area contributed by atoms with E-state index in [-0.39, 0.29) is 11.5 Å². The molecule has 2 N–H and O–H groups in total. The third-order valence-corrected chi connectivity index (χ3v) is 4.02. The van der Waals surface area contributed by atoms with E-state index < -0.39 is 17.9 Å². The van der Waals surface area contributed by atoms with Crippen molar-refractivity contribution in [1.82, 2.24) is 10.2 Å². The van der Waals surface area contributed by atoms with Gasteiger partial charge in [0.05, 0.1) is 0 Å². The summed E-state index contributed by atoms with van der Waals surface area (Å²) >= 11 is 0. The van der Waals surface area contributed by atoms with Crippen LogP contribution in [-0.4, -0.2) is 47.8 Å². The predicted octanol–water partition coefficient (Wildman–Crippen LogP) is 3.57. The molecular weight excluding hydrogens is 360 g/mol. The van der Waals surface area contributed by atoms with Gasteiger partial charge in [0, 0.05) is 20.5 Å². The number of aryl methyl sites for hydroxylation is 1. The van der Waals surface area contributed by atoms with Gasteiger partial charge in [-0.15, -0.1) is 0 Å². The van der Waals surface area contributed by atoms with Crippen molar-refractivity contribution in [3.63, 3.8) is 0 Å². The molecule has 0 saturated heterocycles. The number of Topliss-reactive ketones (excluding diaryl/α,β-unsaturated/α-hetero) is 1. The number of carbonyl (C=O) groups is 2. The topological polar surface area (TPSA) is 88.1 Å². The molecule has 1 aromatic carbocycles. The van der Waals surface area contributed by atoms with Gasteiger partial charge in [-0.05, 0) is 52.2 Å². The lowest BCUT2D eigenvalue weighted by molar-refractivity contribution is -0.116. The van der Waals surface area contributed by atoms with Crippen molar-refractivity contribution in [2.45, 2.75) is 58.8 Å². The van der Waals surface area contributed by atoms with Gasteiger partial charge in [0.25, 0.3) is 0 Å². The highest BCUT2D eigenvalue weighted by atomic mass is 16.6. The highest BCUT2D eigenvalue weighted by Gasteiger charge is 2.23. The van der Waals surface area contributed by atoms with Crippen LogP contribution in [0, 0.1) is 0 Å². The van der Waals surface area contributed by atoms with Crippen LogP contribution in [0.3, 0.4) is 0 Å². The van der Waals surface area contributed by atoms with E-state index in [0.29, 0.717) is 25.0 Å². The highest BCUT2D eigenvalue weighted by molar-refractivity contribution is 5.94. The summed E-state index contributed by atoms with van der Waals surface area (Å²) < 4.78 is 10.8. The van der Waals surface area contributed by atoms with Crippen molar-refractivity contribution in [2.75, 3.05) is 14.1 Å². The maximum Gasteiger partial charge on any atom is 0.412 e. The van der Waals surface area contributed by atoms with Crippen molar-refractivity contribution < 1.29 is 24.2 Å². The number of nitrogens with one attached hydrogen (secondary N) is 1. The second-order valence-corrected chi connectivity index (χ2v) is 7.51. The monoisotopic (exact) mass is 392 g/mol. The number of ketones is 1. The lowest BCUT2D eigenvalue weighted by Crippen LogP contribution is -2.40. The number of phenols is 1. The third kappa shape index (κ3) is 7.90. The number of hydrogen-bond acceptors (Lipinski definition) is 6. The van der Waals surface area contributed by atoms with Crippen molar-refractivity contribution in [3.05, 3.63) is 41.8 Å². The molecule has 28 heavy (non-hydrogen) atoms. The Bertz CT molecular complexity index is 694. The lowest BCUT2D eigenvalue weighted by Gasteiger charge is -2.28. The standard InChI is InChI=1S/C21H32N2O5/c1-15(23(6)20(26)28-21(2,3)4)27-14-17(22-5)19(25)13-9-11-16-10-7-8-12-18(16)24/h7-8,10,12,14-15,22,24H,9,11,13H2,1-6H3/b17-14-. The largest absolute Gasteiger partial charge is 0.508 e. The third-order valence-electron chi connectivity index (χ3n) is 4.02. The molecule has 1 unspecified atom stereocenters. The highest BCUT2D eigenvalue weighted by Crippen LogP contribution is 2.18. The first kappa shape index (κ1) is 23.3. The summed E-state index contributed by atoms with van der Waals surface area (Å²) in [5, 5.41) is 12.6. The summed E-state index contributed by atoms with van der Waals surface area (Å²) in [7, 11) is 3.21. The van der Waals surface area contributed by atoms with Gasteiger partial charge in [0.2, 0.25) is 0 Å². The van der Waals surface area contributed by atoms with Gasteiger partial charge in [0.1, 0.15) is 23.3 Å². The van der Waals surface area contributed by atoms with E-state index in [0.717, 1.165) is 5.56 Å². The molecule has 1 rings (SSSR count). The summed E-state index contributed by atoms with van der Waals surface area (Å²) in [4.78, 5) is 25.7. The predicted molar refractivity (Wildman–Crippen MR) is 108 cm³/mol. The van der Waals surface area contributed by atoms with Crippen LogP contribution in [-0.2, 0) is 20.7 Å². The maximum atomic E-state index is 12.4. The van der Waals surface area contributed by atoms with E-state index >= 15 is 0 Å². The van der Waals surface area contributed by atoms with E-state index in [2.05, 4.69) is 5.32 Å². The minimum absolute atomic E-state index is 0.106. The summed E-state index contributed by atoms with van der Waals surface area (Å²) in [5.74, 6) is 0.131. The second kappa shape index (κ2) is 10.6. The zero-order chi connectivity index (χ0) is 21.3. The maximum absolute atomic E-state index is 12.4. The molecular formula is C21H32N2O5. The van der Waals surface area contributed by atoms with Crippen molar-refractivity contribution in [2.24, 2.45) is 0 Å². The van der Waals surface area contributed by atoms with Crippen molar-refractivity contribution in [3.8, 4) is 5.75 Å². The fourth-order valence-corrected chi connectivity index (χ4v) is 2.30. The SMILES string of the molecule is CN/C(=C\OC(C)N(C)C(=O)OC(C)(C)C)C(=O)CCCc1ccccc1O. The summed E-state index contributed by atoms with van der Waals surface area (Å²) in [5.41, 5.74) is 0.538. The Morgan fingerprint density at radius 2 is 1.93 bits per heavy atom. The quantitative estimate of drug-likeness (QED) is 0.379. The summed E-state index contributed by atoms with van der Waals surface area (Å²) in [6, 6.07) is 7.09. The molecule has 1 atom stereocenters. The molecule has 0 bridgehead atoms. The fraction of sp³-hybridized carbons (Fsp3) is 0.524. The zero-order valence-electron chi connectivity index (χ0n) is 17.6. The number of allylic oxidation sites excluding steroid dienone is 1. The molecule has 0 heterocycles. The first-order valence-corrected chi connectivity index (χ1v) is 9.34. The number of benzene rings is 1. The summed E-state index contributed by atoms with van der Waals surface area (Å²) in [6.45, 7) is 7.06. The molecule has 1 amide bonds. The van der Waals surface area contributed by atoms with Crippen LogP contribution in [0.25, 0.3) is 0 Å². The Morgan fingerprint density at radius 1 is 1.29 bits per heavy atom. The molecule has 0 aromatic heterocycles. The number of hydrogen-bond donors (Lipinski definition) is 2. The smallest absolute Gasteiger partial charge is 0.412 e. The summed E-state index contributed by atoms with van der Waals surface area (Å²) in [6.07, 6.45) is 1.73. The molecule has 0 aliphatic carbocycles. The molecule has 0 aliphatic rings. The number of rotatable bonds is 9. The molecule has 0 spiro atoms. The number of nitrogens with zero attached hydrogens (tertiary/aromatic N) is 1. The first-order chi connectivity index (χ1) is 13.0. The van der Waals surface area contributed by atoms with Crippen LogP contribution < -0.4 is 5.32 Å². The second-order valence-electron chi connectivity index (χ2n) is 7.51. The number of ether oxygens (including phenoxy) is 2. The van der Waals surface area contributed by atoms with Gasteiger partial charge in [0.15, 0.2) is 12.0 Å². The van der Waals surface area contributed by atoms with E-state index in [4.69, 9.17) is 9.47 Å². The van der Waals surface area contributed by atoms with Crippen LogP contribution >= 0.6 is 0 Å². The Hall–Kier alpha value is -2.70. The van der Waals surface area contributed by atoms with Gasteiger partial charge < -0.3 is 19.9 Å². The normalized spacial score (nSPS) is 12.9. The number of aromatic hydroxyl groups is 1. The van der Waals surface area contributed by atoms with Gasteiger partial charge in [-0.1, -0.05) is 18.2 Å². The Kier molecular flexibility index (Phi) is 8.82. The zero-order valence-corrected chi connectivity index (χ0v) is 17.6. The average Bonchev–Trinajstić information content (AvgIpc) is 2.61. The number of carbonyl (C=O) groups excluding carboxylic acids is 2. The number of amides is 1. The van der Waals surface area contributed by atoms with E-state index in [9.17, 15) is 14.7 Å². The lowest BCUT2D eigenvalue weighted by atomic mass is 10.0. The molecule has 7 nitrogen and oxygen atoms in total. The number of likely N-dealkylation sites (N-methyl/N-ethyl adjacent to an activating group) is 1. The Balaban J connectivity index is 2.56. The number of phenolic OH excluding ortho intramolecular Hbond substituents is 1. The fourth-order valence-electron chi connectivity index (χ4n) is 2.30. The van der Waals surface area contributed by atoms with Crippen LogP contribution in [0.5, 0.6) is 5.75 Å². The number of para-hydroxylation sites is 1. The minimum atomic E-state index is -0.604. The first-order valence-electron chi connectivity index (χ1n) is 9.34. The molecule has 0 fully saturated rings. The van der Waals surface area contributed by atoms with Crippen LogP contribution in [0.15, 0.2) is 36.2 Å². The van der Waals surface area contributed by atoms with E-state index in [1.807, 2.05) is 12.1 Å². The molecule has 0 aliphatic heterocycles. The van der Waals surface area contributed by atoms with Gasteiger partial charge >= 0.3 is 6.09 Å². The van der Waals surface area contributed by atoms with E-state index in [1.165, 1.54) is 11.2 Å². The molecule has 7 heteroatoms. The van der Waals surface area contributed by atoms with Gasteiger partial charge in [-0.25, -0.2) is 4.79 Å². The molecule has 1 aromatic rings. The van der Waals surface area contributed by atoms with E-state index in [1.54, 1.807) is 53.9 Å².